The molecule has 9 nitrogen and oxygen atoms in total. The van der Waals surface area contributed by atoms with Crippen molar-refractivity contribution in [1.82, 2.24) is 14.4 Å². The van der Waals surface area contributed by atoms with E-state index in [0.717, 1.165) is 17.7 Å². The number of ether oxygens (including phenoxy) is 1. The fourth-order valence-electron chi connectivity index (χ4n) is 3.96. The van der Waals surface area contributed by atoms with Crippen molar-refractivity contribution in [3.63, 3.8) is 0 Å². The van der Waals surface area contributed by atoms with Gasteiger partial charge in [0.2, 0.25) is 5.88 Å². The SMILES string of the molecule is COc1ncc(-c2ccc3nc(N)c(-c4ccc(C#N)cc4)n3c2)cc1NS(=O)(=O)c1ccc(F)cc1F. The first-order chi connectivity index (χ1) is 18.2. The lowest BCUT2D eigenvalue weighted by Crippen LogP contribution is -2.15. The molecule has 0 aliphatic rings. The van der Waals surface area contributed by atoms with Crippen molar-refractivity contribution < 1.29 is 21.9 Å². The standard InChI is InChI=1S/C26H18F2N6O3S/c1-37-26-21(33-38(35,36)22-8-7-19(27)11-20(22)28)10-18(13-31-26)17-6-9-23-32-25(30)24(34(23)14-17)16-4-2-15(12-29)3-5-16/h2-11,13-14,33H,30H2,1H3. The summed E-state index contributed by atoms with van der Waals surface area (Å²) in [5, 5.41) is 9.08. The molecule has 0 saturated carbocycles. The number of benzene rings is 2. The minimum absolute atomic E-state index is 0.0497. The molecule has 12 heteroatoms. The summed E-state index contributed by atoms with van der Waals surface area (Å²) in [5.74, 6) is -1.90. The molecule has 0 unspecified atom stereocenters. The molecule has 3 aromatic heterocycles. The Bertz CT molecular complexity index is 1850. The fraction of sp³-hybridized carbons (Fsp3) is 0.0385. The molecule has 5 aromatic rings. The molecule has 0 radical (unpaired) electrons. The van der Waals surface area contributed by atoms with E-state index < -0.39 is 26.6 Å². The molecule has 0 atom stereocenters. The van der Waals surface area contributed by atoms with Gasteiger partial charge in [0.1, 0.15) is 27.9 Å². The first kappa shape index (κ1) is 24.7. The molecule has 0 amide bonds. The summed E-state index contributed by atoms with van der Waals surface area (Å²) in [6.07, 6.45) is 3.24. The van der Waals surface area contributed by atoms with Crippen LogP contribution in [0.4, 0.5) is 20.3 Å². The minimum Gasteiger partial charge on any atom is -0.480 e. The summed E-state index contributed by atoms with van der Waals surface area (Å²) < 4.78 is 62.5. The van der Waals surface area contributed by atoms with Crippen molar-refractivity contribution in [2.24, 2.45) is 0 Å². The Balaban J connectivity index is 1.57. The Morgan fingerprint density at radius 1 is 1.03 bits per heavy atom. The highest BCUT2D eigenvalue weighted by Crippen LogP contribution is 2.33. The average molecular weight is 533 g/mol. The molecule has 2 aromatic carbocycles. The van der Waals surface area contributed by atoms with Crippen LogP contribution in [-0.4, -0.2) is 29.9 Å². The van der Waals surface area contributed by atoms with Gasteiger partial charge in [-0.15, -0.1) is 0 Å². The lowest BCUT2D eigenvalue weighted by Gasteiger charge is -2.13. The molecule has 38 heavy (non-hydrogen) atoms. The zero-order valence-corrected chi connectivity index (χ0v) is 20.5. The molecular formula is C26H18F2N6O3S. The smallest absolute Gasteiger partial charge is 0.264 e. The van der Waals surface area contributed by atoms with Crippen LogP contribution in [0.5, 0.6) is 5.88 Å². The highest BCUT2D eigenvalue weighted by atomic mass is 32.2. The molecule has 0 bridgehead atoms. The third-order valence-electron chi connectivity index (χ3n) is 5.74. The Labute approximate surface area is 215 Å². The number of anilines is 2. The number of nitrogen functional groups attached to an aromatic ring is 1. The zero-order valence-electron chi connectivity index (χ0n) is 19.7. The predicted molar refractivity (Wildman–Crippen MR) is 137 cm³/mol. The van der Waals surface area contributed by atoms with Gasteiger partial charge in [-0.25, -0.2) is 27.2 Å². The molecule has 3 heterocycles. The molecule has 3 N–H and O–H groups in total. The van der Waals surface area contributed by atoms with E-state index in [0.29, 0.717) is 34.1 Å². The molecule has 0 fully saturated rings. The number of sulfonamides is 1. The summed E-state index contributed by atoms with van der Waals surface area (Å²) in [4.78, 5) is 7.86. The maximum absolute atomic E-state index is 14.2. The Hall–Kier alpha value is -5.02. The van der Waals surface area contributed by atoms with E-state index in [4.69, 9.17) is 15.7 Å². The Morgan fingerprint density at radius 3 is 2.45 bits per heavy atom. The van der Waals surface area contributed by atoms with Gasteiger partial charge in [-0.3, -0.25) is 9.12 Å². The van der Waals surface area contributed by atoms with Crippen LogP contribution in [0.1, 0.15) is 5.56 Å². The second-order valence-corrected chi connectivity index (χ2v) is 9.79. The third kappa shape index (κ3) is 4.46. The average Bonchev–Trinajstić information content (AvgIpc) is 3.23. The van der Waals surface area contributed by atoms with Gasteiger partial charge in [-0.05, 0) is 42.5 Å². The topological polar surface area (TPSA) is 135 Å². The second-order valence-electron chi connectivity index (χ2n) is 8.14. The highest BCUT2D eigenvalue weighted by molar-refractivity contribution is 7.92. The van der Waals surface area contributed by atoms with E-state index in [9.17, 15) is 17.2 Å². The summed E-state index contributed by atoms with van der Waals surface area (Å²) in [6, 6.07) is 16.1. The molecule has 0 aliphatic carbocycles. The van der Waals surface area contributed by atoms with Gasteiger partial charge in [0.05, 0.1) is 24.4 Å². The number of halogens is 2. The second kappa shape index (κ2) is 9.45. The molecule has 5 rings (SSSR count). The van der Waals surface area contributed by atoms with Crippen LogP contribution in [0, 0.1) is 23.0 Å². The Kier molecular flexibility index (Phi) is 6.14. The van der Waals surface area contributed by atoms with E-state index in [1.807, 2.05) is 0 Å². The number of nitrogens with two attached hydrogens (primary N) is 1. The maximum atomic E-state index is 14.2. The van der Waals surface area contributed by atoms with Crippen LogP contribution in [0.15, 0.2) is 78.0 Å². The van der Waals surface area contributed by atoms with Gasteiger partial charge in [-0.2, -0.15) is 5.26 Å². The lowest BCUT2D eigenvalue weighted by atomic mass is 10.1. The normalized spacial score (nSPS) is 11.3. The summed E-state index contributed by atoms with van der Waals surface area (Å²) in [6.45, 7) is 0. The van der Waals surface area contributed by atoms with Gasteiger partial charge in [0, 0.05) is 35.2 Å². The third-order valence-corrected chi connectivity index (χ3v) is 7.14. The van der Waals surface area contributed by atoms with Crippen molar-refractivity contribution >= 4 is 27.2 Å². The number of aromatic nitrogens is 3. The quantitative estimate of drug-likeness (QED) is 0.326. The van der Waals surface area contributed by atoms with Crippen LogP contribution in [0.2, 0.25) is 0 Å². The van der Waals surface area contributed by atoms with E-state index in [2.05, 4.69) is 20.8 Å². The first-order valence-electron chi connectivity index (χ1n) is 11.0. The molecule has 190 valence electrons. The number of pyridine rings is 2. The van der Waals surface area contributed by atoms with Crippen LogP contribution < -0.4 is 15.2 Å². The fourth-order valence-corrected chi connectivity index (χ4v) is 5.07. The lowest BCUT2D eigenvalue weighted by molar-refractivity contribution is 0.400. The van der Waals surface area contributed by atoms with Gasteiger partial charge in [0.25, 0.3) is 10.0 Å². The van der Waals surface area contributed by atoms with Crippen molar-refractivity contribution in [1.29, 1.82) is 5.26 Å². The van der Waals surface area contributed by atoms with Crippen molar-refractivity contribution in [3.8, 4) is 34.3 Å². The molecule has 0 saturated heterocycles. The van der Waals surface area contributed by atoms with Gasteiger partial charge >= 0.3 is 0 Å². The Morgan fingerprint density at radius 2 is 1.76 bits per heavy atom. The number of rotatable bonds is 6. The van der Waals surface area contributed by atoms with Crippen LogP contribution in [0.3, 0.4) is 0 Å². The number of nitrogens with zero attached hydrogens (tertiary/aromatic N) is 4. The van der Waals surface area contributed by atoms with Crippen LogP contribution >= 0.6 is 0 Å². The van der Waals surface area contributed by atoms with Crippen molar-refractivity contribution in [2.45, 2.75) is 4.90 Å². The number of methoxy groups -OCH3 is 1. The monoisotopic (exact) mass is 532 g/mol. The molecule has 0 aliphatic heterocycles. The molecular weight excluding hydrogens is 514 g/mol. The van der Waals surface area contributed by atoms with E-state index in [1.54, 1.807) is 47.0 Å². The van der Waals surface area contributed by atoms with Gasteiger partial charge in [0.15, 0.2) is 5.82 Å². The summed E-state index contributed by atoms with van der Waals surface area (Å²) in [7, 11) is -3.13. The highest BCUT2D eigenvalue weighted by Gasteiger charge is 2.22. The van der Waals surface area contributed by atoms with Gasteiger partial charge < -0.3 is 10.5 Å². The van der Waals surface area contributed by atoms with Crippen molar-refractivity contribution in [3.05, 3.63) is 90.3 Å². The number of imidazole rings is 1. The zero-order chi connectivity index (χ0) is 27.0. The number of nitriles is 1. The van der Waals surface area contributed by atoms with E-state index in [-0.39, 0.29) is 17.4 Å². The number of hydrogen-bond acceptors (Lipinski definition) is 7. The first-order valence-corrected chi connectivity index (χ1v) is 12.5. The van der Waals surface area contributed by atoms with Crippen molar-refractivity contribution in [2.75, 3.05) is 17.6 Å². The number of fused-ring (bicyclic) bond motifs is 1. The number of hydrogen-bond donors (Lipinski definition) is 2. The largest absolute Gasteiger partial charge is 0.480 e. The van der Waals surface area contributed by atoms with E-state index >= 15 is 0 Å². The maximum Gasteiger partial charge on any atom is 0.264 e. The number of nitrogens with one attached hydrogen (secondary N) is 1. The summed E-state index contributed by atoms with van der Waals surface area (Å²) in [5.41, 5.74) is 9.71. The summed E-state index contributed by atoms with van der Waals surface area (Å²) >= 11 is 0. The van der Waals surface area contributed by atoms with Crippen LogP contribution in [0.25, 0.3) is 28.0 Å². The molecule has 0 spiro atoms. The van der Waals surface area contributed by atoms with Crippen LogP contribution in [-0.2, 0) is 10.0 Å². The minimum atomic E-state index is -4.44. The van der Waals surface area contributed by atoms with Gasteiger partial charge in [-0.1, -0.05) is 12.1 Å². The predicted octanol–water partition coefficient (Wildman–Crippen LogP) is 4.60. The van der Waals surface area contributed by atoms with E-state index in [1.165, 1.54) is 19.4 Å².